The summed E-state index contributed by atoms with van der Waals surface area (Å²) in [7, 11) is 0. The van der Waals surface area contributed by atoms with Crippen LogP contribution < -0.4 is 5.43 Å². The zero-order valence-electron chi connectivity index (χ0n) is 14.2. The van der Waals surface area contributed by atoms with Gasteiger partial charge in [-0.2, -0.15) is 10.2 Å². The van der Waals surface area contributed by atoms with Crippen molar-refractivity contribution in [1.82, 2.24) is 20.2 Å². The summed E-state index contributed by atoms with van der Waals surface area (Å²) < 4.78 is 1.94. The van der Waals surface area contributed by atoms with Crippen LogP contribution in [0.1, 0.15) is 32.9 Å². The molecule has 1 aromatic carbocycles. The highest BCUT2D eigenvalue weighted by Gasteiger charge is 2.10. The average Bonchev–Trinajstić information content (AvgIpc) is 2.90. The molecule has 25 heavy (non-hydrogen) atoms. The normalized spacial score (nSPS) is 11.0. The van der Waals surface area contributed by atoms with Crippen LogP contribution in [-0.2, 0) is 6.54 Å². The molecule has 0 radical (unpaired) electrons. The van der Waals surface area contributed by atoms with E-state index in [1.165, 1.54) is 5.56 Å². The van der Waals surface area contributed by atoms with Crippen LogP contribution in [0.5, 0.6) is 0 Å². The first-order chi connectivity index (χ1) is 12.1. The van der Waals surface area contributed by atoms with Gasteiger partial charge >= 0.3 is 0 Å². The third kappa shape index (κ3) is 3.98. The Labute approximate surface area is 146 Å². The highest BCUT2D eigenvalue weighted by atomic mass is 16.2. The fourth-order valence-electron chi connectivity index (χ4n) is 2.53. The third-order valence-electron chi connectivity index (χ3n) is 3.91. The van der Waals surface area contributed by atoms with E-state index in [0.29, 0.717) is 12.1 Å². The summed E-state index contributed by atoms with van der Waals surface area (Å²) in [6, 6.07) is 13.4. The zero-order valence-corrected chi connectivity index (χ0v) is 14.2. The van der Waals surface area contributed by atoms with Gasteiger partial charge in [0.15, 0.2) is 0 Å². The predicted octanol–water partition coefficient (Wildman–Crippen LogP) is 2.71. The molecule has 126 valence electrons. The van der Waals surface area contributed by atoms with Gasteiger partial charge in [-0.15, -0.1) is 0 Å². The Balaban J connectivity index is 1.71. The smallest absolute Gasteiger partial charge is 0.267 e. The van der Waals surface area contributed by atoms with Gasteiger partial charge in [-0.3, -0.25) is 14.5 Å². The topological polar surface area (TPSA) is 72.2 Å². The fraction of sp³-hybridized carbons (Fsp3) is 0.158. The van der Waals surface area contributed by atoms with Gasteiger partial charge in [0.2, 0.25) is 0 Å². The monoisotopic (exact) mass is 333 g/mol. The quantitative estimate of drug-likeness (QED) is 0.576. The fourth-order valence-corrected chi connectivity index (χ4v) is 2.53. The zero-order chi connectivity index (χ0) is 17.6. The number of carbonyl (C=O) groups is 1. The Morgan fingerprint density at radius 2 is 1.88 bits per heavy atom. The molecule has 0 aliphatic rings. The molecule has 3 aromatic rings. The number of hydrogen-bond acceptors (Lipinski definition) is 4. The van der Waals surface area contributed by atoms with E-state index in [4.69, 9.17) is 0 Å². The van der Waals surface area contributed by atoms with Crippen molar-refractivity contribution in [2.24, 2.45) is 5.10 Å². The first-order valence-electron chi connectivity index (χ1n) is 7.96. The Bertz CT molecular complexity index is 885. The van der Waals surface area contributed by atoms with Crippen molar-refractivity contribution in [2.45, 2.75) is 20.4 Å². The third-order valence-corrected chi connectivity index (χ3v) is 3.91. The predicted molar refractivity (Wildman–Crippen MR) is 96.5 cm³/mol. The van der Waals surface area contributed by atoms with Crippen LogP contribution in [0.15, 0.2) is 60.0 Å². The summed E-state index contributed by atoms with van der Waals surface area (Å²) in [6.45, 7) is 4.63. The van der Waals surface area contributed by atoms with Gasteiger partial charge in [0.25, 0.3) is 5.91 Å². The highest BCUT2D eigenvalue weighted by molar-refractivity contribution is 5.94. The summed E-state index contributed by atoms with van der Waals surface area (Å²) >= 11 is 0. The first-order valence-corrected chi connectivity index (χ1v) is 7.96. The number of hydrogen-bond donors (Lipinski definition) is 1. The Hall–Kier alpha value is -3.28. The van der Waals surface area contributed by atoms with Gasteiger partial charge in [-0.1, -0.05) is 30.3 Å². The van der Waals surface area contributed by atoms with Gasteiger partial charge in [0, 0.05) is 29.2 Å². The number of nitrogens with zero attached hydrogens (tertiary/aromatic N) is 4. The lowest BCUT2D eigenvalue weighted by Crippen LogP contribution is -2.17. The van der Waals surface area contributed by atoms with Gasteiger partial charge in [-0.25, -0.2) is 5.43 Å². The minimum absolute atomic E-state index is 0.273. The highest BCUT2D eigenvalue weighted by Crippen LogP contribution is 2.12. The molecule has 0 unspecified atom stereocenters. The molecule has 2 aromatic heterocycles. The van der Waals surface area contributed by atoms with Crippen LogP contribution >= 0.6 is 0 Å². The molecule has 1 amide bonds. The molecule has 0 bridgehead atoms. The number of benzene rings is 1. The molecule has 0 saturated carbocycles. The maximum atomic E-state index is 12.0. The summed E-state index contributed by atoms with van der Waals surface area (Å²) in [5.74, 6) is -0.273. The van der Waals surface area contributed by atoms with E-state index in [1.807, 2.05) is 36.7 Å². The summed E-state index contributed by atoms with van der Waals surface area (Å²) in [5, 5.41) is 8.63. The Kier molecular flexibility index (Phi) is 4.99. The van der Waals surface area contributed by atoms with Crippen molar-refractivity contribution < 1.29 is 4.79 Å². The SMILES string of the molecule is Cc1nn(Cc2ccccc2)c(C)c1/C=N\NC(=O)c1ccncc1. The van der Waals surface area contributed by atoms with Gasteiger partial charge < -0.3 is 0 Å². The van der Waals surface area contributed by atoms with Gasteiger partial charge in [0.05, 0.1) is 18.5 Å². The van der Waals surface area contributed by atoms with E-state index in [0.717, 1.165) is 17.0 Å². The van der Waals surface area contributed by atoms with Gasteiger partial charge in [0.1, 0.15) is 0 Å². The summed E-state index contributed by atoms with van der Waals surface area (Å²) in [4.78, 5) is 15.9. The maximum absolute atomic E-state index is 12.0. The number of carbonyl (C=O) groups excluding carboxylic acids is 1. The maximum Gasteiger partial charge on any atom is 0.271 e. The van der Waals surface area contributed by atoms with E-state index in [9.17, 15) is 4.79 Å². The minimum atomic E-state index is -0.273. The molecule has 0 atom stereocenters. The lowest BCUT2D eigenvalue weighted by molar-refractivity contribution is 0.0955. The number of aryl methyl sites for hydroxylation is 1. The van der Waals surface area contributed by atoms with E-state index in [2.05, 4.69) is 32.7 Å². The van der Waals surface area contributed by atoms with E-state index < -0.39 is 0 Å². The second-order valence-corrected chi connectivity index (χ2v) is 5.66. The lowest BCUT2D eigenvalue weighted by Gasteiger charge is -2.04. The molecule has 0 saturated heterocycles. The molecule has 0 fully saturated rings. The van der Waals surface area contributed by atoms with Crippen molar-refractivity contribution >= 4 is 12.1 Å². The Morgan fingerprint density at radius 1 is 1.16 bits per heavy atom. The second kappa shape index (κ2) is 7.53. The lowest BCUT2D eigenvalue weighted by atomic mass is 10.2. The van der Waals surface area contributed by atoms with Crippen LogP contribution in [-0.4, -0.2) is 26.9 Å². The van der Waals surface area contributed by atoms with Crippen LogP contribution in [0.4, 0.5) is 0 Å². The standard InChI is InChI=1S/C19H19N5O/c1-14-18(12-21-22-19(25)17-8-10-20-11-9-17)15(2)24(23-14)13-16-6-4-3-5-7-16/h3-12H,13H2,1-2H3,(H,22,25)/b21-12-. The minimum Gasteiger partial charge on any atom is -0.267 e. The molecule has 6 nitrogen and oxygen atoms in total. The van der Waals surface area contributed by atoms with Gasteiger partial charge in [-0.05, 0) is 31.5 Å². The van der Waals surface area contributed by atoms with Crippen molar-refractivity contribution in [3.8, 4) is 0 Å². The van der Waals surface area contributed by atoms with Crippen LogP contribution in [0.25, 0.3) is 0 Å². The summed E-state index contributed by atoms with van der Waals surface area (Å²) in [6.07, 6.45) is 4.78. The van der Waals surface area contributed by atoms with Crippen molar-refractivity contribution in [3.05, 3.63) is 82.9 Å². The number of amides is 1. The number of hydrazone groups is 1. The molecular formula is C19H19N5O. The average molecular weight is 333 g/mol. The molecular weight excluding hydrogens is 314 g/mol. The van der Waals surface area contributed by atoms with Crippen molar-refractivity contribution in [1.29, 1.82) is 0 Å². The molecule has 0 aliphatic heterocycles. The Morgan fingerprint density at radius 3 is 2.60 bits per heavy atom. The summed E-state index contributed by atoms with van der Waals surface area (Å²) in [5.41, 5.74) is 7.01. The largest absolute Gasteiger partial charge is 0.271 e. The molecule has 0 spiro atoms. The van der Waals surface area contributed by atoms with E-state index in [1.54, 1.807) is 30.7 Å². The number of rotatable bonds is 5. The van der Waals surface area contributed by atoms with Crippen LogP contribution in [0.3, 0.4) is 0 Å². The second-order valence-electron chi connectivity index (χ2n) is 5.66. The number of pyridine rings is 1. The number of aromatic nitrogens is 3. The van der Waals surface area contributed by atoms with Crippen molar-refractivity contribution in [2.75, 3.05) is 0 Å². The molecule has 1 N–H and O–H groups in total. The van der Waals surface area contributed by atoms with Crippen molar-refractivity contribution in [3.63, 3.8) is 0 Å². The molecule has 2 heterocycles. The molecule has 0 aliphatic carbocycles. The molecule has 3 rings (SSSR count). The van der Waals surface area contributed by atoms with E-state index >= 15 is 0 Å². The number of nitrogens with one attached hydrogen (secondary N) is 1. The van der Waals surface area contributed by atoms with E-state index in [-0.39, 0.29) is 5.91 Å². The molecule has 6 heteroatoms. The first kappa shape index (κ1) is 16.6. The van der Waals surface area contributed by atoms with Crippen LogP contribution in [0, 0.1) is 13.8 Å². The van der Waals surface area contributed by atoms with Crippen LogP contribution in [0.2, 0.25) is 0 Å².